The number of methoxy groups -OCH3 is 2. The Kier molecular flexibility index (Phi) is 6.62. The lowest BCUT2D eigenvalue weighted by Crippen LogP contribution is -2.24. The quantitative estimate of drug-likeness (QED) is 0.610. The SMILES string of the molecule is CCN(Cc1ccccc1)c1cnnc(NCc2ccc(OC)c(OC)c2)n1. The maximum Gasteiger partial charge on any atom is 0.244 e. The topological polar surface area (TPSA) is 72.4 Å². The molecule has 0 saturated carbocycles. The second-order valence-electron chi connectivity index (χ2n) is 6.18. The lowest BCUT2D eigenvalue weighted by atomic mass is 10.2. The highest BCUT2D eigenvalue weighted by Gasteiger charge is 2.10. The summed E-state index contributed by atoms with van der Waals surface area (Å²) >= 11 is 0. The van der Waals surface area contributed by atoms with Gasteiger partial charge in [-0.2, -0.15) is 10.1 Å². The Bertz CT molecular complexity index is 889. The molecule has 146 valence electrons. The molecule has 0 aliphatic rings. The van der Waals surface area contributed by atoms with Crippen molar-refractivity contribution in [2.24, 2.45) is 0 Å². The van der Waals surface area contributed by atoms with Gasteiger partial charge in [0.1, 0.15) is 0 Å². The average molecular weight is 379 g/mol. The van der Waals surface area contributed by atoms with Crippen LogP contribution in [0.15, 0.2) is 54.7 Å². The van der Waals surface area contributed by atoms with Crippen molar-refractivity contribution in [3.63, 3.8) is 0 Å². The zero-order valence-corrected chi connectivity index (χ0v) is 16.4. The number of hydrogen-bond donors (Lipinski definition) is 1. The van der Waals surface area contributed by atoms with Gasteiger partial charge in [-0.05, 0) is 30.2 Å². The van der Waals surface area contributed by atoms with Crippen molar-refractivity contribution in [2.45, 2.75) is 20.0 Å². The van der Waals surface area contributed by atoms with Gasteiger partial charge in [0.05, 0.1) is 20.4 Å². The second kappa shape index (κ2) is 9.55. The third-order valence-electron chi connectivity index (χ3n) is 4.37. The van der Waals surface area contributed by atoms with Gasteiger partial charge >= 0.3 is 0 Å². The molecule has 1 N–H and O–H groups in total. The Hall–Kier alpha value is -3.35. The number of ether oxygens (including phenoxy) is 2. The summed E-state index contributed by atoms with van der Waals surface area (Å²) in [6.45, 7) is 4.24. The molecule has 0 bridgehead atoms. The summed E-state index contributed by atoms with van der Waals surface area (Å²) in [5.74, 6) is 2.66. The van der Waals surface area contributed by atoms with E-state index in [1.165, 1.54) is 5.56 Å². The molecule has 0 unspecified atom stereocenters. The molecule has 1 aromatic heterocycles. The standard InChI is InChI=1S/C21H25N5O2/c1-4-26(15-16-8-6-5-7-9-16)20-14-23-25-21(24-20)22-13-17-10-11-18(27-2)19(12-17)28-3/h5-12,14H,4,13,15H2,1-3H3,(H,22,24,25). The van der Waals surface area contributed by atoms with E-state index in [1.807, 2.05) is 36.4 Å². The maximum absolute atomic E-state index is 5.35. The number of benzene rings is 2. The molecule has 3 aromatic rings. The Balaban J connectivity index is 1.69. The van der Waals surface area contributed by atoms with E-state index in [2.05, 4.69) is 44.5 Å². The highest BCUT2D eigenvalue weighted by molar-refractivity contribution is 5.45. The molecule has 0 saturated heterocycles. The van der Waals surface area contributed by atoms with Gasteiger partial charge in [-0.15, -0.1) is 5.10 Å². The fourth-order valence-corrected chi connectivity index (χ4v) is 2.85. The third-order valence-corrected chi connectivity index (χ3v) is 4.37. The van der Waals surface area contributed by atoms with E-state index in [0.29, 0.717) is 24.0 Å². The number of nitrogens with one attached hydrogen (secondary N) is 1. The van der Waals surface area contributed by atoms with Gasteiger partial charge in [0, 0.05) is 19.6 Å². The monoisotopic (exact) mass is 379 g/mol. The molecule has 0 fully saturated rings. The largest absolute Gasteiger partial charge is 0.493 e. The first-order valence-electron chi connectivity index (χ1n) is 9.16. The summed E-state index contributed by atoms with van der Waals surface area (Å²) in [6, 6.07) is 16.1. The van der Waals surface area contributed by atoms with E-state index in [4.69, 9.17) is 9.47 Å². The fourth-order valence-electron chi connectivity index (χ4n) is 2.85. The van der Waals surface area contributed by atoms with Crippen LogP contribution in [0, 0.1) is 0 Å². The molecule has 0 radical (unpaired) electrons. The van der Waals surface area contributed by atoms with Gasteiger partial charge < -0.3 is 19.7 Å². The zero-order valence-electron chi connectivity index (χ0n) is 16.4. The molecular weight excluding hydrogens is 354 g/mol. The second-order valence-corrected chi connectivity index (χ2v) is 6.18. The molecule has 0 aliphatic heterocycles. The molecule has 1 heterocycles. The van der Waals surface area contributed by atoms with Crippen LogP contribution in [0.3, 0.4) is 0 Å². The normalized spacial score (nSPS) is 10.4. The first kappa shape index (κ1) is 19.4. The molecule has 7 heteroatoms. The number of nitrogens with zero attached hydrogens (tertiary/aromatic N) is 4. The van der Waals surface area contributed by atoms with E-state index >= 15 is 0 Å². The lowest BCUT2D eigenvalue weighted by Gasteiger charge is -2.21. The van der Waals surface area contributed by atoms with Gasteiger partial charge in [0.2, 0.25) is 5.95 Å². The van der Waals surface area contributed by atoms with Gasteiger partial charge in [0.25, 0.3) is 0 Å². The summed E-state index contributed by atoms with van der Waals surface area (Å²) in [7, 11) is 3.24. The first-order valence-corrected chi connectivity index (χ1v) is 9.16. The number of anilines is 2. The number of aromatic nitrogens is 3. The van der Waals surface area contributed by atoms with Crippen LogP contribution in [0.1, 0.15) is 18.1 Å². The van der Waals surface area contributed by atoms with Crippen molar-refractivity contribution in [3.05, 3.63) is 65.9 Å². The molecule has 2 aromatic carbocycles. The van der Waals surface area contributed by atoms with E-state index < -0.39 is 0 Å². The van der Waals surface area contributed by atoms with Crippen LogP contribution in [0.5, 0.6) is 11.5 Å². The Morgan fingerprint density at radius 1 is 0.964 bits per heavy atom. The Morgan fingerprint density at radius 3 is 2.46 bits per heavy atom. The molecule has 0 aliphatic carbocycles. The number of rotatable bonds is 9. The van der Waals surface area contributed by atoms with Crippen LogP contribution < -0.4 is 19.7 Å². The van der Waals surface area contributed by atoms with Gasteiger partial charge in [0.15, 0.2) is 17.3 Å². The van der Waals surface area contributed by atoms with Crippen LogP contribution in [0.25, 0.3) is 0 Å². The summed E-state index contributed by atoms with van der Waals surface area (Å²) in [5.41, 5.74) is 2.26. The summed E-state index contributed by atoms with van der Waals surface area (Å²) in [6.07, 6.45) is 1.69. The smallest absolute Gasteiger partial charge is 0.244 e. The molecule has 7 nitrogen and oxygen atoms in total. The van der Waals surface area contributed by atoms with Crippen LogP contribution in [0.2, 0.25) is 0 Å². The van der Waals surface area contributed by atoms with Crippen molar-refractivity contribution in [2.75, 3.05) is 31.0 Å². The van der Waals surface area contributed by atoms with E-state index in [9.17, 15) is 0 Å². The van der Waals surface area contributed by atoms with Crippen molar-refractivity contribution in [1.29, 1.82) is 0 Å². The minimum Gasteiger partial charge on any atom is -0.493 e. The van der Waals surface area contributed by atoms with Gasteiger partial charge in [-0.3, -0.25) is 0 Å². The lowest BCUT2D eigenvalue weighted by molar-refractivity contribution is 0.354. The predicted molar refractivity (Wildman–Crippen MR) is 110 cm³/mol. The highest BCUT2D eigenvalue weighted by atomic mass is 16.5. The van der Waals surface area contributed by atoms with Crippen LogP contribution >= 0.6 is 0 Å². The van der Waals surface area contributed by atoms with Gasteiger partial charge in [-0.1, -0.05) is 36.4 Å². The summed E-state index contributed by atoms with van der Waals surface area (Å²) in [4.78, 5) is 6.78. The van der Waals surface area contributed by atoms with Gasteiger partial charge in [-0.25, -0.2) is 0 Å². The molecular formula is C21H25N5O2. The van der Waals surface area contributed by atoms with Crippen molar-refractivity contribution in [1.82, 2.24) is 15.2 Å². The number of hydrogen-bond acceptors (Lipinski definition) is 7. The first-order chi connectivity index (χ1) is 13.7. The highest BCUT2D eigenvalue weighted by Crippen LogP contribution is 2.27. The van der Waals surface area contributed by atoms with Crippen LogP contribution in [-0.2, 0) is 13.1 Å². The summed E-state index contributed by atoms with van der Waals surface area (Å²) < 4.78 is 10.6. The fraction of sp³-hybridized carbons (Fsp3) is 0.286. The van der Waals surface area contributed by atoms with Crippen LogP contribution in [0.4, 0.5) is 11.8 Å². The minimum absolute atomic E-state index is 0.485. The Morgan fingerprint density at radius 2 is 1.75 bits per heavy atom. The van der Waals surface area contributed by atoms with E-state index in [0.717, 1.165) is 24.5 Å². The maximum atomic E-state index is 5.35. The summed E-state index contributed by atoms with van der Waals surface area (Å²) in [5, 5.41) is 11.4. The zero-order chi connectivity index (χ0) is 19.8. The molecule has 0 atom stereocenters. The minimum atomic E-state index is 0.485. The van der Waals surface area contributed by atoms with Crippen LogP contribution in [-0.4, -0.2) is 35.9 Å². The molecule has 0 amide bonds. The van der Waals surface area contributed by atoms with E-state index in [-0.39, 0.29) is 0 Å². The molecule has 0 spiro atoms. The van der Waals surface area contributed by atoms with Crippen molar-refractivity contribution in [3.8, 4) is 11.5 Å². The molecule has 3 rings (SSSR count). The predicted octanol–water partition coefficient (Wildman–Crippen LogP) is 3.53. The Labute approximate surface area is 165 Å². The third kappa shape index (κ3) is 4.88. The van der Waals surface area contributed by atoms with Crippen molar-refractivity contribution >= 4 is 11.8 Å². The van der Waals surface area contributed by atoms with Crippen molar-refractivity contribution < 1.29 is 9.47 Å². The van der Waals surface area contributed by atoms with E-state index in [1.54, 1.807) is 20.4 Å². The molecule has 28 heavy (non-hydrogen) atoms. The average Bonchev–Trinajstić information content (AvgIpc) is 2.76.